The lowest BCUT2D eigenvalue weighted by Crippen LogP contribution is -2.61. The van der Waals surface area contributed by atoms with Gasteiger partial charge in [-0.25, -0.2) is 0 Å². The van der Waals surface area contributed by atoms with Crippen LogP contribution in [0.25, 0.3) is 158 Å². The summed E-state index contributed by atoms with van der Waals surface area (Å²) in [5.41, 5.74) is 37.3. The first-order valence-corrected chi connectivity index (χ1v) is 47.1. The summed E-state index contributed by atoms with van der Waals surface area (Å²) in [6.45, 7) is 34.7. The van der Waals surface area contributed by atoms with Crippen LogP contribution in [0, 0.1) is 11.3 Å². The number of aromatic nitrogens is 3. The zero-order valence-electron chi connectivity index (χ0n) is 77.2. The maximum atomic E-state index is 10.9. The lowest BCUT2D eigenvalue weighted by Gasteiger charge is -2.45. The number of hydrogen-bond donors (Lipinski definition) is 0. The third-order valence-corrected chi connectivity index (χ3v) is 29.3. The van der Waals surface area contributed by atoms with Crippen molar-refractivity contribution in [1.82, 2.24) is 13.7 Å². The molecule has 0 amide bonds. The van der Waals surface area contributed by atoms with E-state index in [0.29, 0.717) is 5.56 Å². The highest BCUT2D eigenvalue weighted by atomic mass is 32.1. The molecule has 0 bridgehead atoms. The van der Waals surface area contributed by atoms with Gasteiger partial charge in [-0.2, -0.15) is 5.26 Å². The highest BCUT2D eigenvalue weighted by Crippen LogP contribution is 2.56. The van der Waals surface area contributed by atoms with Crippen LogP contribution in [0.1, 0.15) is 137 Å². The van der Waals surface area contributed by atoms with Crippen LogP contribution in [0.3, 0.4) is 0 Å². The van der Waals surface area contributed by atoms with Gasteiger partial charge >= 0.3 is 0 Å². The van der Waals surface area contributed by atoms with E-state index >= 15 is 0 Å². The molecule has 0 N–H and O–H groups in total. The van der Waals surface area contributed by atoms with Crippen LogP contribution in [0.15, 0.2) is 352 Å². The minimum absolute atomic E-state index is 0.104. The molecule has 131 heavy (non-hydrogen) atoms. The van der Waals surface area contributed by atoms with Gasteiger partial charge in [-0.05, 0) is 256 Å². The number of hydrogen-bond acceptors (Lipinski definition) is 4. The topological polar surface area (TPSA) is 45.1 Å². The second kappa shape index (κ2) is 29.8. The average Bonchev–Trinajstić information content (AvgIpc) is 1.50. The summed E-state index contributed by atoms with van der Waals surface area (Å²) < 4.78 is 10.2. The SMILES string of the molecule is CC(C)(C)c1cc(-c2ccccc2)c(N2c3cc(-n4c5ccc(C(C)(C)C)cc5c5cc(C(C)(C)C)ccc54)ccc3B3c4ccc(-c5c(-c6cccc7sc8ccccc8c67)cccc5-n5c6ccc(C(C)(C)C)cc6c6cc(C(C)(C)C)ccc65)cc4N(c4cccc(-c5ccccc5)c4)c4cc(-n5c6ccccc6c6cc(C#N)ccc65)cc2c43)c(-c2ccccc2)c1. The van der Waals surface area contributed by atoms with Gasteiger partial charge < -0.3 is 23.5 Å². The van der Waals surface area contributed by atoms with Crippen LogP contribution in [0.5, 0.6) is 0 Å². The number of rotatable bonds is 10. The van der Waals surface area contributed by atoms with Crippen molar-refractivity contribution in [2.45, 2.75) is 131 Å². The number of nitrogens with zero attached hydrogens (tertiary/aromatic N) is 6. The molecule has 2 aliphatic rings. The molecular formula is C123H103BN6S. The summed E-state index contributed by atoms with van der Waals surface area (Å²) in [6.07, 6.45) is 0. The van der Waals surface area contributed by atoms with E-state index in [1.807, 2.05) is 17.4 Å². The quantitative estimate of drug-likeness (QED) is 0.128. The standard InChI is InChI=1S/C123H103BN6S/c1-119(2,3)81-50-58-104-96(65-81)97-66-82(120(4,5)6)51-59-105(97)126(104)87-54-56-101-110(71-87)130(118-93(77-34-21-17-22-35-77)69-85(123(13,14)15)70-94(118)78-36-23-18-24-37-78)112-73-88(128-102-44-27-25-40-89(102)95-62-75(74-125)48-57-103(95)128)72-111-117(112)124(101)100-55-49-80(64-109(100)127(111)86-39-29-38-79(63-86)76-32-19-16-20-33-76)115-90(91-43-31-47-114-116(91)92-41-26-28-46-113(92)131-114)42-30-45-108(115)129-106-60-52-83(121(7,8)9)67-98(106)99-68-84(122(10,11)12)53-61-107(99)129/h16-73H,1-15H3. The van der Waals surface area contributed by atoms with Crippen molar-refractivity contribution >= 4 is 154 Å². The molecule has 6 heterocycles. The molecule has 0 atom stereocenters. The van der Waals surface area contributed by atoms with Gasteiger partial charge in [0, 0.05) is 103 Å². The molecule has 4 aromatic heterocycles. The number of fused-ring (bicyclic) bond motifs is 16. The Hall–Kier alpha value is -14.5. The summed E-state index contributed by atoms with van der Waals surface area (Å²) in [7, 11) is 0. The number of thiophene rings is 1. The van der Waals surface area contributed by atoms with Crippen molar-refractivity contribution in [2.24, 2.45) is 0 Å². The zero-order valence-corrected chi connectivity index (χ0v) is 78.0. The minimum Gasteiger partial charge on any atom is -0.311 e. The number of nitriles is 1. The first kappa shape index (κ1) is 81.0. The van der Waals surface area contributed by atoms with E-state index in [4.69, 9.17) is 0 Å². The summed E-state index contributed by atoms with van der Waals surface area (Å²) in [5, 5.41) is 20.4. The van der Waals surface area contributed by atoms with Crippen LogP contribution in [0.2, 0.25) is 0 Å². The number of para-hydroxylation sites is 1. The Morgan fingerprint density at radius 1 is 0.260 bits per heavy atom. The Bertz CT molecular complexity index is 8180. The van der Waals surface area contributed by atoms with Crippen molar-refractivity contribution < 1.29 is 0 Å². The van der Waals surface area contributed by atoms with Crippen LogP contribution >= 0.6 is 11.3 Å². The van der Waals surface area contributed by atoms with E-state index in [1.54, 1.807) is 0 Å². The largest absolute Gasteiger partial charge is 0.311 e. The molecule has 634 valence electrons. The Labute approximate surface area is 772 Å². The molecule has 0 saturated carbocycles. The molecule has 2 aliphatic heterocycles. The Balaban J connectivity index is 0.896. The van der Waals surface area contributed by atoms with Crippen LogP contribution < -0.4 is 26.2 Å². The normalized spacial score (nSPS) is 13.1. The smallest absolute Gasteiger partial charge is 0.252 e. The van der Waals surface area contributed by atoms with Gasteiger partial charge in [-0.15, -0.1) is 11.3 Å². The highest BCUT2D eigenvalue weighted by molar-refractivity contribution is 7.26. The highest BCUT2D eigenvalue weighted by Gasteiger charge is 2.46. The Morgan fingerprint density at radius 2 is 0.695 bits per heavy atom. The summed E-state index contributed by atoms with van der Waals surface area (Å²) >= 11 is 1.87. The fourth-order valence-electron chi connectivity index (χ4n) is 21.4. The molecule has 0 radical (unpaired) electrons. The van der Waals surface area contributed by atoms with Gasteiger partial charge in [0.15, 0.2) is 0 Å². The Kier molecular flexibility index (Phi) is 18.4. The van der Waals surface area contributed by atoms with Gasteiger partial charge in [0.05, 0.1) is 61.8 Å². The third kappa shape index (κ3) is 13.1. The van der Waals surface area contributed by atoms with Crippen molar-refractivity contribution in [2.75, 3.05) is 9.80 Å². The second-order valence-corrected chi connectivity index (χ2v) is 42.7. The first-order chi connectivity index (χ1) is 63.1. The monoisotopic (exact) mass is 1710 g/mol. The fraction of sp³-hybridized carbons (Fsp3) is 0.163. The van der Waals surface area contributed by atoms with Crippen molar-refractivity contribution in [1.29, 1.82) is 5.26 Å². The molecule has 0 saturated heterocycles. The zero-order chi connectivity index (χ0) is 89.8. The van der Waals surface area contributed by atoms with Crippen LogP contribution in [0.4, 0.5) is 34.1 Å². The Morgan fingerprint density at radius 3 is 1.26 bits per heavy atom. The molecule has 23 rings (SSSR count). The molecular weight excluding hydrogens is 1600 g/mol. The summed E-state index contributed by atoms with van der Waals surface area (Å²) in [4.78, 5) is 5.37. The maximum Gasteiger partial charge on any atom is 0.252 e. The van der Waals surface area contributed by atoms with Crippen molar-refractivity contribution in [3.63, 3.8) is 0 Å². The van der Waals surface area contributed by atoms with E-state index in [9.17, 15) is 5.26 Å². The molecule has 0 spiro atoms. The van der Waals surface area contributed by atoms with E-state index in [2.05, 4.69) is 479 Å². The minimum atomic E-state index is -0.369. The predicted molar refractivity (Wildman–Crippen MR) is 562 cm³/mol. The summed E-state index contributed by atoms with van der Waals surface area (Å²) in [6, 6.07) is 137. The van der Waals surface area contributed by atoms with E-state index in [-0.39, 0.29) is 33.8 Å². The molecule has 0 fully saturated rings. The van der Waals surface area contributed by atoms with Gasteiger partial charge in [0.2, 0.25) is 0 Å². The molecule has 17 aromatic carbocycles. The summed E-state index contributed by atoms with van der Waals surface area (Å²) in [5.74, 6) is 0. The first-order valence-electron chi connectivity index (χ1n) is 46.3. The molecule has 0 aliphatic carbocycles. The molecule has 0 unspecified atom stereocenters. The van der Waals surface area contributed by atoms with E-state index in [0.717, 1.165) is 145 Å². The second-order valence-electron chi connectivity index (χ2n) is 41.6. The van der Waals surface area contributed by atoms with Gasteiger partial charge in [0.25, 0.3) is 6.71 Å². The number of benzene rings is 17. The molecule has 6 nitrogen and oxygen atoms in total. The lowest BCUT2D eigenvalue weighted by molar-refractivity contribution is 0.590. The number of anilines is 6. The molecule has 21 aromatic rings. The van der Waals surface area contributed by atoms with Gasteiger partial charge in [0.1, 0.15) is 0 Å². The van der Waals surface area contributed by atoms with Gasteiger partial charge in [-0.1, -0.05) is 310 Å². The van der Waals surface area contributed by atoms with E-state index < -0.39 is 0 Å². The molecule has 8 heteroatoms. The fourth-order valence-corrected chi connectivity index (χ4v) is 22.5. The van der Waals surface area contributed by atoms with Gasteiger partial charge in [-0.3, -0.25) is 0 Å². The van der Waals surface area contributed by atoms with Crippen molar-refractivity contribution in [3.05, 3.63) is 385 Å². The van der Waals surface area contributed by atoms with E-state index in [1.165, 1.54) is 91.5 Å². The van der Waals surface area contributed by atoms with Crippen LogP contribution in [-0.2, 0) is 27.1 Å². The average molecular weight is 1710 g/mol. The predicted octanol–water partition coefficient (Wildman–Crippen LogP) is 32.1. The lowest BCUT2D eigenvalue weighted by atomic mass is 9.33. The van der Waals surface area contributed by atoms with Crippen molar-refractivity contribution in [3.8, 4) is 78.8 Å². The maximum absolute atomic E-state index is 10.9. The third-order valence-electron chi connectivity index (χ3n) is 28.2. The van der Waals surface area contributed by atoms with Crippen LogP contribution in [-0.4, -0.2) is 20.4 Å².